The summed E-state index contributed by atoms with van der Waals surface area (Å²) in [6, 6.07) is 8.95. The van der Waals surface area contributed by atoms with Crippen molar-refractivity contribution in [3.8, 4) is 5.75 Å². The highest BCUT2D eigenvalue weighted by atomic mass is 35.5. The third-order valence-electron chi connectivity index (χ3n) is 4.37. The van der Waals surface area contributed by atoms with Crippen LogP contribution in [0.15, 0.2) is 36.5 Å². The van der Waals surface area contributed by atoms with Crippen molar-refractivity contribution < 1.29 is 14.3 Å². The van der Waals surface area contributed by atoms with Gasteiger partial charge in [0, 0.05) is 17.3 Å². The molecule has 2 unspecified atom stereocenters. The third-order valence-corrected chi connectivity index (χ3v) is 4.78. The van der Waals surface area contributed by atoms with Gasteiger partial charge in [0.15, 0.2) is 0 Å². The van der Waals surface area contributed by atoms with Crippen molar-refractivity contribution in [2.45, 2.75) is 19.9 Å². The molecule has 0 spiro atoms. The Morgan fingerprint density at radius 3 is 2.73 bits per heavy atom. The number of methoxy groups -OCH3 is 1. The van der Waals surface area contributed by atoms with Crippen molar-refractivity contribution in [2.75, 3.05) is 12.4 Å². The number of carbonyl (C=O) groups excluding carboxylic acids is 2. The highest BCUT2D eigenvalue weighted by Gasteiger charge is 2.48. The van der Waals surface area contributed by atoms with E-state index in [4.69, 9.17) is 16.3 Å². The maximum Gasteiger partial charge on any atom is 0.228 e. The number of ether oxygens (including phenoxy) is 1. The maximum absolute atomic E-state index is 12.4. The van der Waals surface area contributed by atoms with Crippen LogP contribution < -0.4 is 15.4 Å². The van der Waals surface area contributed by atoms with E-state index in [1.165, 1.54) is 7.11 Å². The smallest absolute Gasteiger partial charge is 0.228 e. The largest absolute Gasteiger partial charge is 0.495 e. The summed E-state index contributed by atoms with van der Waals surface area (Å²) in [5.74, 6) is -0.471. The molecule has 0 aliphatic heterocycles. The van der Waals surface area contributed by atoms with Crippen LogP contribution in [0.5, 0.6) is 5.75 Å². The fourth-order valence-electron chi connectivity index (χ4n) is 2.74. The SMILES string of the molecule is COc1cc(Cl)c(C)cc1NC(=O)C1CC1C(=O)NCc1ccccn1. The van der Waals surface area contributed by atoms with Crippen LogP contribution in [-0.4, -0.2) is 23.9 Å². The van der Waals surface area contributed by atoms with E-state index >= 15 is 0 Å². The van der Waals surface area contributed by atoms with Crippen molar-refractivity contribution in [3.63, 3.8) is 0 Å². The number of benzene rings is 1. The molecule has 1 aromatic carbocycles. The van der Waals surface area contributed by atoms with E-state index in [9.17, 15) is 9.59 Å². The van der Waals surface area contributed by atoms with Crippen molar-refractivity contribution in [2.24, 2.45) is 11.8 Å². The molecule has 3 rings (SSSR count). The predicted molar refractivity (Wildman–Crippen MR) is 99.1 cm³/mol. The lowest BCUT2D eigenvalue weighted by Crippen LogP contribution is -2.27. The minimum Gasteiger partial charge on any atom is -0.495 e. The number of rotatable bonds is 6. The van der Waals surface area contributed by atoms with Gasteiger partial charge in [0.1, 0.15) is 5.75 Å². The van der Waals surface area contributed by atoms with Crippen LogP contribution in [0, 0.1) is 18.8 Å². The monoisotopic (exact) mass is 373 g/mol. The molecule has 0 radical (unpaired) electrons. The average Bonchev–Trinajstić information content (AvgIpc) is 3.44. The molecule has 1 aliphatic rings. The normalized spacial score (nSPS) is 18.1. The second-order valence-corrected chi connectivity index (χ2v) is 6.69. The number of halogens is 1. The van der Waals surface area contributed by atoms with E-state index in [0.29, 0.717) is 29.4 Å². The van der Waals surface area contributed by atoms with Crippen LogP contribution >= 0.6 is 11.6 Å². The minimum atomic E-state index is -0.334. The molecule has 1 fully saturated rings. The van der Waals surface area contributed by atoms with E-state index in [1.807, 2.05) is 25.1 Å². The Bertz CT molecular complexity index is 826. The molecule has 2 amide bonds. The molecule has 2 N–H and O–H groups in total. The van der Waals surface area contributed by atoms with E-state index in [2.05, 4.69) is 15.6 Å². The number of aryl methyl sites for hydroxylation is 1. The van der Waals surface area contributed by atoms with Gasteiger partial charge in [0.2, 0.25) is 11.8 Å². The van der Waals surface area contributed by atoms with Crippen LogP contribution in [0.4, 0.5) is 5.69 Å². The molecule has 0 saturated heterocycles. The lowest BCUT2D eigenvalue weighted by molar-refractivity contribution is -0.125. The molecule has 1 aliphatic carbocycles. The second kappa shape index (κ2) is 7.74. The summed E-state index contributed by atoms with van der Waals surface area (Å²) in [4.78, 5) is 28.8. The number of nitrogens with one attached hydrogen (secondary N) is 2. The van der Waals surface area contributed by atoms with Gasteiger partial charge in [-0.3, -0.25) is 14.6 Å². The molecule has 2 aromatic rings. The molecule has 0 bridgehead atoms. The van der Waals surface area contributed by atoms with E-state index in [0.717, 1.165) is 11.3 Å². The molecule has 1 saturated carbocycles. The zero-order valence-electron chi connectivity index (χ0n) is 14.6. The van der Waals surface area contributed by atoms with Gasteiger partial charge in [-0.2, -0.15) is 0 Å². The number of hydrogen-bond acceptors (Lipinski definition) is 4. The van der Waals surface area contributed by atoms with Gasteiger partial charge in [-0.25, -0.2) is 0 Å². The van der Waals surface area contributed by atoms with Gasteiger partial charge < -0.3 is 15.4 Å². The lowest BCUT2D eigenvalue weighted by atomic mass is 10.2. The first-order chi connectivity index (χ1) is 12.5. The van der Waals surface area contributed by atoms with Crippen LogP contribution in [0.2, 0.25) is 5.02 Å². The van der Waals surface area contributed by atoms with Crippen molar-refractivity contribution in [3.05, 3.63) is 52.8 Å². The quantitative estimate of drug-likeness (QED) is 0.815. The Balaban J connectivity index is 1.56. The number of anilines is 1. The summed E-state index contributed by atoms with van der Waals surface area (Å²) in [5.41, 5.74) is 2.17. The first-order valence-electron chi connectivity index (χ1n) is 8.32. The number of aromatic nitrogens is 1. The maximum atomic E-state index is 12.4. The van der Waals surface area contributed by atoms with Crippen molar-refractivity contribution >= 4 is 29.1 Å². The van der Waals surface area contributed by atoms with Crippen LogP contribution in [0.25, 0.3) is 0 Å². The standard InChI is InChI=1S/C19H20ClN3O3/c1-11-7-16(17(26-2)9-15(11)20)23-19(25)14-8-13(14)18(24)22-10-12-5-3-4-6-21-12/h3-7,9,13-14H,8,10H2,1-2H3,(H,22,24)(H,23,25). The summed E-state index contributed by atoms with van der Waals surface area (Å²) >= 11 is 6.08. The van der Waals surface area contributed by atoms with Gasteiger partial charge in [0.05, 0.1) is 36.9 Å². The minimum absolute atomic E-state index is 0.130. The van der Waals surface area contributed by atoms with E-state index in [1.54, 1.807) is 18.3 Å². The molecular formula is C19H20ClN3O3. The van der Waals surface area contributed by atoms with Gasteiger partial charge in [-0.15, -0.1) is 0 Å². The molecule has 26 heavy (non-hydrogen) atoms. The number of nitrogens with zero attached hydrogens (tertiary/aromatic N) is 1. The highest BCUT2D eigenvalue weighted by molar-refractivity contribution is 6.31. The highest BCUT2D eigenvalue weighted by Crippen LogP contribution is 2.40. The van der Waals surface area contributed by atoms with Gasteiger partial charge in [0.25, 0.3) is 0 Å². The molecular weight excluding hydrogens is 354 g/mol. The summed E-state index contributed by atoms with van der Waals surface area (Å²) in [6.45, 7) is 2.21. The number of pyridine rings is 1. The van der Waals surface area contributed by atoms with Crippen LogP contribution in [0.3, 0.4) is 0 Å². The van der Waals surface area contributed by atoms with Gasteiger partial charge in [-0.05, 0) is 37.1 Å². The summed E-state index contributed by atoms with van der Waals surface area (Å²) in [6.07, 6.45) is 2.21. The summed E-state index contributed by atoms with van der Waals surface area (Å²) in [5, 5.41) is 6.23. The summed E-state index contributed by atoms with van der Waals surface area (Å²) < 4.78 is 5.26. The fourth-order valence-corrected chi connectivity index (χ4v) is 2.89. The number of hydrogen-bond donors (Lipinski definition) is 2. The molecule has 136 valence electrons. The molecule has 2 atom stereocenters. The number of amides is 2. The van der Waals surface area contributed by atoms with Crippen molar-refractivity contribution in [1.82, 2.24) is 10.3 Å². The third kappa shape index (κ3) is 4.14. The predicted octanol–water partition coefficient (Wildman–Crippen LogP) is 2.94. The second-order valence-electron chi connectivity index (χ2n) is 6.28. The molecule has 1 aromatic heterocycles. The first kappa shape index (κ1) is 18.2. The van der Waals surface area contributed by atoms with Crippen molar-refractivity contribution in [1.29, 1.82) is 0 Å². The molecule has 7 heteroatoms. The van der Waals surface area contributed by atoms with Crippen LogP contribution in [0.1, 0.15) is 17.7 Å². The Morgan fingerprint density at radius 1 is 1.27 bits per heavy atom. The zero-order valence-corrected chi connectivity index (χ0v) is 15.3. The van der Waals surface area contributed by atoms with Gasteiger partial charge in [-0.1, -0.05) is 17.7 Å². The first-order valence-corrected chi connectivity index (χ1v) is 8.70. The topological polar surface area (TPSA) is 80.3 Å². The fraction of sp³-hybridized carbons (Fsp3) is 0.316. The van der Waals surface area contributed by atoms with E-state index < -0.39 is 0 Å². The molecule has 1 heterocycles. The number of carbonyl (C=O) groups is 2. The Labute approximate surface area is 156 Å². The average molecular weight is 374 g/mol. The van der Waals surface area contributed by atoms with E-state index in [-0.39, 0.29) is 23.7 Å². The summed E-state index contributed by atoms with van der Waals surface area (Å²) in [7, 11) is 1.52. The molecule has 6 nitrogen and oxygen atoms in total. The Hall–Kier alpha value is -2.60. The lowest BCUT2D eigenvalue weighted by Gasteiger charge is -2.12. The van der Waals surface area contributed by atoms with Crippen LogP contribution in [-0.2, 0) is 16.1 Å². The zero-order chi connectivity index (χ0) is 18.7. The Morgan fingerprint density at radius 2 is 2.04 bits per heavy atom. The Kier molecular flexibility index (Phi) is 5.42. The van der Waals surface area contributed by atoms with Gasteiger partial charge >= 0.3 is 0 Å².